The predicted octanol–water partition coefficient (Wildman–Crippen LogP) is 5.56. The molecule has 1 aromatic heterocycles. The van der Waals surface area contributed by atoms with Crippen LogP contribution in [0.3, 0.4) is 0 Å². The molecule has 1 aliphatic rings. The van der Waals surface area contributed by atoms with Crippen molar-refractivity contribution in [1.29, 1.82) is 0 Å². The lowest BCUT2D eigenvalue weighted by atomic mass is 9.81. The Morgan fingerprint density at radius 2 is 1.50 bits per heavy atom. The van der Waals surface area contributed by atoms with Gasteiger partial charge in [-0.05, 0) is 38.8 Å². The van der Waals surface area contributed by atoms with Gasteiger partial charge in [0, 0.05) is 23.8 Å². The van der Waals surface area contributed by atoms with Gasteiger partial charge >= 0.3 is 11.9 Å². The highest BCUT2D eigenvalue weighted by Crippen LogP contribution is 2.38. The molecule has 0 amide bonds. The zero-order valence-electron chi connectivity index (χ0n) is 20.0. The molecule has 6 heteroatoms. The van der Waals surface area contributed by atoms with Crippen molar-refractivity contribution < 1.29 is 19.1 Å². The van der Waals surface area contributed by atoms with Crippen LogP contribution in [0.1, 0.15) is 90.5 Å². The van der Waals surface area contributed by atoms with Gasteiger partial charge in [-0.3, -0.25) is 4.98 Å². The molecule has 32 heavy (non-hydrogen) atoms. The number of carbonyl (C=O) groups is 2. The van der Waals surface area contributed by atoms with Crippen LogP contribution in [-0.2, 0) is 19.1 Å². The van der Waals surface area contributed by atoms with Crippen LogP contribution >= 0.6 is 0 Å². The summed E-state index contributed by atoms with van der Waals surface area (Å²) in [5.74, 6) is -1.41. The summed E-state index contributed by atoms with van der Waals surface area (Å²) in [4.78, 5) is 30.1. The van der Waals surface area contributed by atoms with E-state index in [-0.39, 0.29) is 6.61 Å². The third-order valence-corrected chi connectivity index (χ3v) is 5.72. The van der Waals surface area contributed by atoms with Crippen LogP contribution in [0, 0.1) is 0 Å². The Kier molecular flexibility index (Phi) is 11.0. The van der Waals surface area contributed by atoms with E-state index >= 15 is 0 Å². The van der Waals surface area contributed by atoms with E-state index in [4.69, 9.17) is 9.47 Å². The normalized spacial score (nSPS) is 16.1. The van der Waals surface area contributed by atoms with E-state index in [1.54, 1.807) is 25.4 Å². The van der Waals surface area contributed by atoms with Gasteiger partial charge < -0.3 is 14.8 Å². The van der Waals surface area contributed by atoms with Gasteiger partial charge in [0.1, 0.15) is 0 Å². The van der Waals surface area contributed by atoms with Gasteiger partial charge in [0.05, 0.1) is 30.3 Å². The summed E-state index contributed by atoms with van der Waals surface area (Å²) in [6.45, 7) is 8.28. The molecule has 176 valence electrons. The van der Waals surface area contributed by atoms with Crippen molar-refractivity contribution in [3.05, 3.63) is 52.6 Å². The van der Waals surface area contributed by atoms with Crippen molar-refractivity contribution in [3.8, 4) is 0 Å². The van der Waals surface area contributed by atoms with Crippen LogP contribution in [0.15, 0.2) is 47.1 Å². The highest BCUT2D eigenvalue weighted by atomic mass is 16.5. The highest BCUT2D eigenvalue weighted by molar-refractivity contribution is 5.99. The molecule has 2 rings (SSSR count). The maximum absolute atomic E-state index is 13.1. The summed E-state index contributed by atoms with van der Waals surface area (Å²) in [7, 11) is 0. The first-order valence-corrected chi connectivity index (χ1v) is 11.9. The number of nitrogens with one attached hydrogen (secondary N) is 1. The van der Waals surface area contributed by atoms with Gasteiger partial charge in [-0.2, -0.15) is 0 Å². The molecule has 1 aliphatic heterocycles. The van der Waals surface area contributed by atoms with Crippen LogP contribution in [0.25, 0.3) is 0 Å². The van der Waals surface area contributed by atoms with E-state index in [2.05, 4.69) is 17.2 Å². The van der Waals surface area contributed by atoms with Gasteiger partial charge in [0.15, 0.2) is 0 Å². The van der Waals surface area contributed by atoms with Gasteiger partial charge in [-0.25, -0.2) is 9.59 Å². The molecular formula is C26H38N2O4. The molecule has 0 spiro atoms. The average molecular weight is 443 g/mol. The Morgan fingerprint density at radius 3 is 2.06 bits per heavy atom. The highest BCUT2D eigenvalue weighted by Gasteiger charge is 2.38. The second-order valence-corrected chi connectivity index (χ2v) is 8.25. The maximum atomic E-state index is 13.1. The Hall–Kier alpha value is -2.63. The number of ether oxygens (including phenoxy) is 2. The van der Waals surface area contributed by atoms with Crippen LogP contribution in [0.5, 0.6) is 0 Å². The molecule has 6 nitrogen and oxygen atoms in total. The van der Waals surface area contributed by atoms with Crippen molar-refractivity contribution in [2.45, 2.75) is 85.0 Å². The molecule has 0 radical (unpaired) electrons. The molecule has 0 aromatic carbocycles. The Morgan fingerprint density at radius 1 is 0.906 bits per heavy atom. The number of nitrogens with zero attached hydrogens (tertiary/aromatic N) is 1. The molecule has 2 heterocycles. The van der Waals surface area contributed by atoms with Crippen molar-refractivity contribution in [2.24, 2.45) is 0 Å². The number of pyridine rings is 1. The summed E-state index contributed by atoms with van der Waals surface area (Å²) < 4.78 is 10.9. The number of hydrogen-bond acceptors (Lipinski definition) is 6. The van der Waals surface area contributed by atoms with Gasteiger partial charge in [-0.15, -0.1) is 0 Å². The summed E-state index contributed by atoms with van der Waals surface area (Å²) in [6, 6.07) is 3.67. The van der Waals surface area contributed by atoms with Gasteiger partial charge in [0.2, 0.25) is 0 Å². The first-order chi connectivity index (χ1) is 15.5. The largest absolute Gasteiger partial charge is 0.463 e. The number of allylic oxidation sites excluding steroid dienone is 2. The van der Waals surface area contributed by atoms with Crippen molar-refractivity contribution in [1.82, 2.24) is 10.3 Å². The topological polar surface area (TPSA) is 77.5 Å². The molecule has 1 aromatic rings. The van der Waals surface area contributed by atoms with E-state index in [1.165, 1.54) is 32.1 Å². The fourth-order valence-corrected chi connectivity index (χ4v) is 4.10. The standard InChI is InChI=1S/C26H38N2O4/c1-5-7-8-9-10-11-12-13-17-32-26(30)23-20(4)28-19(3)22(25(29)31-6-2)24(23)21-15-14-16-27-18-21/h14-16,18,24,28H,5-13,17H2,1-4H3. The predicted molar refractivity (Wildman–Crippen MR) is 126 cm³/mol. The average Bonchev–Trinajstić information content (AvgIpc) is 2.78. The lowest BCUT2D eigenvalue weighted by Gasteiger charge is -2.30. The van der Waals surface area contributed by atoms with Crippen molar-refractivity contribution >= 4 is 11.9 Å². The SMILES string of the molecule is CCCCCCCCCCOC(=O)C1=C(C)NC(C)=C(C(=O)OCC)C1c1cccnc1. The lowest BCUT2D eigenvalue weighted by molar-refractivity contribution is -0.140. The molecule has 0 saturated heterocycles. The molecular weight excluding hydrogens is 404 g/mol. The number of unbranched alkanes of at least 4 members (excludes halogenated alkanes) is 7. The number of aromatic nitrogens is 1. The molecule has 1 atom stereocenters. The minimum atomic E-state index is -0.574. The molecule has 0 bridgehead atoms. The van der Waals surface area contributed by atoms with E-state index < -0.39 is 17.9 Å². The Balaban J connectivity index is 2.06. The lowest BCUT2D eigenvalue weighted by Crippen LogP contribution is -2.32. The first-order valence-electron chi connectivity index (χ1n) is 11.9. The fourth-order valence-electron chi connectivity index (χ4n) is 4.10. The molecule has 1 unspecified atom stereocenters. The van der Waals surface area contributed by atoms with Gasteiger partial charge in [-0.1, -0.05) is 57.9 Å². The zero-order valence-corrected chi connectivity index (χ0v) is 20.0. The van der Waals surface area contributed by atoms with Crippen LogP contribution in [0.2, 0.25) is 0 Å². The number of carbonyl (C=O) groups excluding carboxylic acids is 2. The molecule has 0 saturated carbocycles. The van der Waals surface area contributed by atoms with Crippen molar-refractivity contribution in [2.75, 3.05) is 13.2 Å². The van der Waals surface area contributed by atoms with E-state index in [1.807, 2.05) is 19.9 Å². The Labute approximate surface area is 192 Å². The summed E-state index contributed by atoms with van der Waals surface area (Å²) >= 11 is 0. The summed E-state index contributed by atoms with van der Waals surface area (Å²) in [6.07, 6.45) is 12.8. The van der Waals surface area contributed by atoms with Crippen LogP contribution in [-0.4, -0.2) is 30.1 Å². The third kappa shape index (κ3) is 7.21. The fraction of sp³-hybridized carbons (Fsp3) is 0.577. The Bertz CT molecular complexity index is 814. The first kappa shape index (κ1) is 25.6. The van der Waals surface area contributed by atoms with Crippen molar-refractivity contribution in [3.63, 3.8) is 0 Å². The number of hydrogen-bond donors (Lipinski definition) is 1. The second kappa shape index (κ2) is 13.7. The van der Waals surface area contributed by atoms with Gasteiger partial charge in [0.25, 0.3) is 0 Å². The maximum Gasteiger partial charge on any atom is 0.336 e. The minimum absolute atomic E-state index is 0.260. The molecule has 0 aliphatic carbocycles. The molecule has 0 fully saturated rings. The summed E-state index contributed by atoms with van der Waals surface area (Å²) in [5.41, 5.74) is 2.98. The van der Waals surface area contributed by atoms with E-state index in [0.717, 1.165) is 24.8 Å². The summed E-state index contributed by atoms with van der Waals surface area (Å²) in [5, 5.41) is 3.17. The molecule has 1 N–H and O–H groups in total. The second-order valence-electron chi connectivity index (χ2n) is 8.25. The number of esters is 2. The minimum Gasteiger partial charge on any atom is -0.463 e. The monoisotopic (exact) mass is 442 g/mol. The van der Waals surface area contributed by atoms with E-state index in [9.17, 15) is 9.59 Å². The zero-order chi connectivity index (χ0) is 23.3. The smallest absolute Gasteiger partial charge is 0.336 e. The number of rotatable bonds is 13. The third-order valence-electron chi connectivity index (χ3n) is 5.72. The van der Waals surface area contributed by atoms with Crippen LogP contribution < -0.4 is 5.32 Å². The number of dihydropyridines is 1. The van der Waals surface area contributed by atoms with Crippen LogP contribution in [0.4, 0.5) is 0 Å². The van der Waals surface area contributed by atoms with E-state index in [0.29, 0.717) is 29.1 Å². The quantitative estimate of drug-likeness (QED) is 0.318.